The van der Waals surface area contributed by atoms with Crippen LogP contribution in [0.1, 0.15) is 29.5 Å². The summed E-state index contributed by atoms with van der Waals surface area (Å²) in [5, 5.41) is 6.61. The van der Waals surface area contributed by atoms with Gasteiger partial charge in [-0.05, 0) is 49.0 Å². The average Bonchev–Trinajstić information content (AvgIpc) is 2.95. The number of amides is 1. The summed E-state index contributed by atoms with van der Waals surface area (Å²) in [7, 11) is 0. The maximum atomic E-state index is 12.4. The van der Waals surface area contributed by atoms with Crippen LogP contribution in [0, 0.1) is 0 Å². The maximum absolute atomic E-state index is 12.4. The highest BCUT2D eigenvalue weighted by atomic mass is 16.5. The number of nitrogens with one attached hydrogen (secondary N) is 2. The van der Waals surface area contributed by atoms with Gasteiger partial charge in [0.1, 0.15) is 6.61 Å². The molecule has 1 atom stereocenters. The number of carbonyl (C=O) groups excluding carboxylic acids is 1. The fourth-order valence-corrected chi connectivity index (χ4v) is 4.37. The first-order valence-corrected chi connectivity index (χ1v) is 9.04. The van der Waals surface area contributed by atoms with Crippen molar-refractivity contribution in [1.82, 2.24) is 10.6 Å². The zero-order valence-electron chi connectivity index (χ0n) is 14.3. The second-order valence-corrected chi connectivity index (χ2v) is 7.03. The van der Waals surface area contributed by atoms with Gasteiger partial charge in [-0.25, -0.2) is 4.79 Å². The molecular weight excluding hydrogens is 312 g/mol. The van der Waals surface area contributed by atoms with Crippen LogP contribution in [0.15, 0.2) is 54.6 Å². The molecule has 4 heteroatoms. The summed E-state index contributed by atoms with van der Waals surface area (Å²) in [5.41, 5.74) is 3.81. The van der Waals surface area contributed by atoms with Crippen LogP contribution < -0.4 is 10.6 Å². The van der Waals surface area contributed by atoms with Crippen LogP contribution in [0.5, 0.6) is 0 Å². The number of hydrogen-bond donors (Lipinski definition) is 2. The van der Waals surface area contributed by atoms with Gasteiger partial charge in [0.15, 0.2) is 0 Å². The quantitative estimate of drug-likeness (QED) is 0.905. The van der Waals surface area contributed by atoms with E-state index in [2.05, 4.69) is 34.9 Å². The Labute approximate surface area is 148 Å². The minimum Gasteiger partial charge on any atom is -0.445 e. The summed E-state index contributed by atoms with van der Waals surface area (Å²) in [5.74, 6) is 0. The molecule has 1 amide bonds. The predicted octanol–water partition coefficient (Wildman–Crippen LogP) is 3.16. The summed E-state index contributed by atoms with van der Waals surface area (Å²) in [4.78, 5) is 12.4. The van der Waals surface area contributed by atoms with E-state index in [4.69, 9.17) is 4.74 Å². The molecule has 4 rings (SSSR count). The van der Waals surface area contributed by atoms with E-state index in [0.717, 1.165) is 37.9 Å². The van der Waals surface area contributed by atoms with Gasteiger partial charge in [0.2, 0.25) is 0 Å². The van der Waals surface area contributed by atoms with Gasteiger partial charge in [-0.2, -0.15) is 0 Å². The van der Waals surface area contributed by atoms with Crippen LogP contribution in [0.3, 0.4) is 0 Å². The topological polar surface area (TPSA) is 50.4 Å². The fraction of sp³-hybridized carbons (Fsp3) is 0.381. The van der Waals surface area contributed by atoms with Crippen LogP contribution in [0.2, 0.25) is 0 Å². The first-order chi connectivity index (χ1) is 12.3. The third kappa shape index (κ3) is 3.14. The van der Waals surface area contributed by atoms with Gasteiger partial charge in [0.25, 0.3) is 0 Å². The van der Waals surface area contributed by atoms with Gasteiger partial charge in [-0.1, -0.05) is 54.6 Å². The molecule has 2 aliphatic rings. The van der Waals surface area contributed by atoms with Crippen LogP contribution in [0.25, 0.3) is 0 Å². The van der Waals surface area contributed by atoms with Crippen LogP contribution in [0.4, 0.5) is 4.79 Å². The molecule has 4 nitrogen and oxygen atoms in total. The SMILES string of the molecule is O=C(NC1Cc2ccccc2C12CCNCC2)OCc1ccccc1. The number of fused-ring (bicyclic) bond motifs is 2. The third-order valence-corrected chi connectivity index (χ3v) is 5.65. The van der Waals surface area contributed by atoms with Crippen molar-refractivity contribution in [3.8, 4) is 0 Å². The lowest BCUT2D eigenvalue weighted by Crippen LogP contribution is -2.53. The van der Waals surface area contributed by atoms with E-state index in [-0.39, 0.29) is 17.6 Å². The molecule has 2 aromatic carbocycles. The average molecular weight is 336 g/mol. The van der Waals surface area contributed by atoms with Crippen molar-refractivity contribution in [2.45, 2.75) is 37.3 Å². The molecule has 0 radical (unpaired) electrons. The number of alkyl carbamates (subject to hydrolysis) is 1. The molecule has 1 unspecified atom stereocenters. The lowest BCUT2D eigenvalue weighted by atomic mass is 9.71. The molecule has 1 heterocycles. The van der Waals surface area contributed by atoms with Crippen LogP contribution in [-0.4, -0.2) is 25.2 Å². The molecule has 1 saturated heterocycles. The second-order valence-electron chi connectivity index (χ2n) is 7.03. The molecule has 0 aromatic heterocycles. The zero-order chi connectivity index (χ0) is 17.1. The van der Waals surface area contributed by atoms with E-state index in [1.165, 1.54) is 11.1 Å². The molecule has 25 heavy (non-hydrogen) atoms. The monoisotopic (exact) mass is 336 g/mol. The Morgan fingerprint density at radius 3 is 2.60 bits per heavy atom. The number of hydrogen-bond acceptors (Lipinski definition) is 3. The standard InChI is InChI=1S/C21H24N2O2/c24-20(25-15-16-6-2-1-3-7-16)23-19-14-17-8-4-5-9-18(17)21(19)10-12-22-13-11-21/h1-9,19,22H,10-15H2,(H,23,24). The van der Waals surface area contributed by atoms with Crippen molar-refractivity contribution >= 4 is 6.09 Å². The maximum Gasteiger partial charge on any atom is 0.407 e. The minimum absolute atomic E-state index is 0.0353. The van der Waals surface area contributed by atoms with Crippen molar-refractivity contribution in [1.29, 1.82) is 0 Å². The molecule has 2 N–H and O–H groups in total. The van der Waals surface area contributed by atoms with E-state index >= 15 is 0 Å². The fourth-order valence-electron chi connectivity index (χ4n) is 4.37. The number of carbonyl (C=O) groups is 1. The second kappa shape index (κ2) is 6.89. The largest absolute Gasteiger partial charge is 0.445 e. The molecule has 0 saturated carbocycles. The van der Waals surface area contributed by atoms with E-state index < -0.39 is 0 Å². The summed E-state index contributed by atoms with van der Waals surface area (Å²) >= 11 is 0. The number of piperidine rings is 1. The molecule has 1 spiro atoms. The molecule has 1 fully saturated rings. The molecule has 0 bridgehead atoms. The Morgan fingerprint density at radius 1 is 1.08 bits per heavy atom. The van der Waals surface area contributed by atoms with E-state index in [0.29, 0.717) is 6.61 Å². The first-order valence-electron chi connectivity index (χ1n) is 9.04. The lowest BCUT2D eigenvalue weighted by Gasteiger charge is -2.40. The van der Waals surface area contributed by atoms with Crippen molar-refractivity contribution in [2.75, 3.05) is 13.1 Å². The molecule has 130 valence electrons. The van der Waals surface area contributed by atoms with Gasteiger partial charge in [-0.3, -0.25) is 0 Å². The Bertz CT molecular complexity index is 739. The third-order valence-electron chi connectivity index (χ3n) is 5.65. The van der Waals surface area contributed by atoms with Gasteiger partial charge in [0.05, 0.1) is 0 Å². The van der Waals surface area contributed by atoms with Crippen molar-refractivity contribution in [3.63, 3.8) is 0 Å². The van der Waals surface area contributed by atoms with Gasteiger partial charge < -0.3 is 15.4 Å². The van der Waals surface area contributed by atoms with Crippen molar-refractivity contribution in [3.05, 3.63) is 71.3 Å². The Balaban J connectivity index is 1.47. The zero-order valence-corrected chi connectivity index (χ0v) is 14.3. The summed E-state index contributed by atoms with van der Waals surface area (Å²) in [6, 6.07) is 18.5. The van der Waals surface area contributed by atoms with Gasteiger partial charge in [0, 0.05) is 11.5 Å². The highest BCUT2D eigenvalue weighted by Gasteiger charge is 2.47. The molecule has 2 aromatic rings. The molecule has 1 aliphatic carbocycles. The highest BCUT2D eigenvalue weighted by molar-refractivity contribution is 5.68. The van der Waals surface area contributed by atoms with Gasteiger partial charge >= 0.3 is 6.09 Å². The van der Waals surface area contributed by atoms with Crippen molar-refractivity contribution < 1.29 is 9.53 Å². The number of benzene rings is 2. The summed E-state index contributed by atoms with van der Waals surface area (Å²) in [6.45, 7) is 2.29. The number of rotatable bonds is 3. The normalized spacial score (nSPS) is 20.9. The van der Waals surface area contributed by atoms with Crippen LogP contribution in [-0.2, 0) is 23.2 Å². The summed E-state index contributed by atoms with van der Waals surface area (Å²) < 4.78 is 5.46. The lowest BCUT2D eigenvalue weighted by molar-refractivity contribution is 0.126. The molecule has 1 aliphatic heterocycles. The van der Waals surface area contributed by atoms with Crippen molar-refractivity contribution in [2.24, 2.45) is 0 Å². The summed E-state index contributed by atoms with van der Waals surface area (Å²) in [6.07, 6.45) is 2.66. The minimum atomic E-state index is -0.320. The van der Waals surface area contributed by atoms with Gasteiger partial charge in [-0.15, -0.1) is 0 Å². The molecular formula is C21H24N2O2. The van der Waals surface area contributed by atoms with E-state index in [9.17, 15) is 4.79 Å². The Kier molecular flexibility index (Phi) is 4.45. The number of ether oxygens (including phenoxy) is 1. The Hall–Kier alpha value is -2.33. The van der Waals surface area contributed by atoms with E-state index in [1.807, 2.05) is 30.3 Å². The predicted molar refractivity (Wildman–Crippen MR) is 97.5 cm³/mol. The van der Waals surface area contributed by atoms with E-state index in [1.54, 1.807) is 0 Å². The Morgan fingerprint density at radius 2 is 1.80 bits per heavy atom. The smallest absolute Gasteiger partial charge is 0.407 e. The first kappa shape index (κ1) is 16.2. The highest BCUT2D eigenvalue weighted by Crippen LogP contribution is 2.45. The van der Waals surface area contributed by atoms with Crippen LogP contribution >= 0.6 is 0 Å².